The van der Waals surface area contributed by atoms with Gasteiger partial charge in [0.05, 0.1) is 12.0 Å². The van der Waals surface area contributed by atoms with Crippen LogP contribution < -0.4 is 0 Å². The lowest BCUT2D eigenvalue weighted by Crippen LogP contribution is -2.19. The van der Waals surface area contributed by atoms with Gasteiger partial charge in [0.15, 0.2) is 0 Å². The van der Waals surface area contributed by atoms with Crippen molar-refractivity contribution in [2.45, 2.75) is 44.9 Å². The molecule has 2 aromatic heterocycles. The fourth-order valence-corrected chi connectivity index (χ4v) is 4.55. The van der Waals surface area contributed by atoms with Crippen molar-refractivity contribution < 1.29 is 9.53 Å². The quantitative estimate of drug-likeness (QED) is 0.304. The van der Waals surface area contributed by atoms with E-state index in [-0.39, 0.29) is 11.2 Å². The molecule has 0 amide bonds. The molecule has 1 aromatic carbocycles. The molecule has 0 aliphatic carbocycles. The number of hydrogen-bond acceptors (Lipinski definition) is 6. The zero-order valence-corrected chi connectivity index (χ0v) is 17.9. The van der Waals surface area contributed by atoms with Crippen LogP contribution >= 0.6 is 23.1 Å². The SMILES string of the molecule is Cc1ccc(-c2csc3ncnc(S[C@H](C)C(=O)OCC(C)C)c23)cc1C. The Hall–Kier alpha value is -1.92. The number of aromatic nitrogens is 2. The van der Waals surface area contributed by atoms with E-state index in [1.807, 2.05) is 20.8 Å². The Kier molecular flexibility index (Phi) is 6.17. The van der Waals surface area contributed by atoms with Crippen molar-refractivity contribution in [3.63, 3.8) is 0 Å². The summed E-state index contributed by atoms with van der Waals surface area (Å²) in [6.07, 6.45) is 1.57. The van der Waals surface area contributed by atoms with E-state index in [1.54, 1.807) is 17.7 Å². The molecular weight excluding hydrogens is 376 g/mol. The molecule has 0 fully saturated rings. The topological polar surface area (TPSA) is 52.1 Å². The smallest absolute Gasteiger partial charge is 0.319 e. The minimum absolute atomic E-state index is 0.205. The number of thiophene rings is 1. The van der Waals surface area contributed by atoms with Crippen molar-refractivity contribution in [3.05, 3.63) is 41.0 Å². The monoisotopic (exact) mass is 400 g/mol. The number of thioether (sulfide) groups is 1. The molecule has 0 spiro atoms. The number of rotatable bonds is 6. The summed E-state index contributed by atoms with van der Waals surface area (Å²) in [7, 11) is 0. The van der Waals surface area contributed by atoms with Gasteiger partial charge in [-0.2, -0.15) is 0 Å². The average Bonchev–Trinajstić information content (AvgIpc) is 3.07. The Morgan fingerprint density at radius 3 is 2.67 bits per heavy atom. The Balaban J connectivity index is 1.93. The highest BCUT2D eigenvalue weighted by molar-refractivity contribution is 8.00. The van der Waals surface area contributed by atoms with Gasteiger partial charge in [-0.1, -0.05) is 43.8 Å². The second-order valence-electron chi connectivity index (χ2n) is 7.09. The van der Waals surface area contributed by atoms with Crippen LogP contribution in [0.1, 0.15) is 31.9 Å². The van der Waals surface area contributed by atoms with Crippen LogP contribution in [-0.2, 0) is 9.53 Å². The van der Waals surface area contributed by atoms with Gasteiger partial charge >= 0.3 is 5.97 Å². The standard InChI is InChI=1S/C21H24N2O2S2/c1-12(2)9-25-21(24)15(5)27-20-18-17(10-26-19(18)22-11-23-20)16-7-6-13(3)14(4)8-16/h6-8,10-12,15H,9H2,1-5H3/t15-/m1/s1. The number of hydrogen-bond donors (Lipinski definition) is 0. The first-order valence-corrected chi connectivity index (χ1v) is 10.8. The Morgan fingerprint density at radius 1 is 1.19 bits per heavy atom. The van der Waals surface area contributed by atoms with E-state index < -0.39 is 0 Å². The normalized spacial score (nSPS) is 12.5. The van der Waals surface area contributed by atoms with E-state index in [0.29, 0.717) is 12.5 Å². The molecule has 1 atom stereocenters. The van der Waals surface area contributed by atoms with Crippen LogP contribution in [-0.4, -0.2) is 27.8 Å². The van der Waals surface area contributed by atoms with Crippen molar-refractivity contribution >= 4 is 39.3 Å². The molecule has 0 N–H and O–H groups in total. The zero-order valence-electron chi connectivity index (χ0n) is 16.3. The average molecular weight is 401 g/mol. The van der Waals surface area contributed by atoms with Crippen LogP contribution in [0.5, 0.6) is 0 Å². The summed E-state index contributed by atoms with van der Waals surface area (Å²) in [6.45, 7) is 10.6. The zero-order chi connectivity index (χ0) is 19.6. The molecule has 27 heavy (non-hydrogen) atoms. The van der Waals surface area contributed by atoms with E-state index in [0.717, 1.165) is 26.4 Å². The maximum atomic E-state index is 12.3. The van der Waals surface area contributed by atoms with Gasteiger partial charge in [0.1, 0.15) is 21.4 Å². The van der Waals surface area contributed by atoms with Gasteiger partial charge < -0.3 is 4.74 Å². The van der Waals surface area contributed by atoms with Gasteiger partial charge in [0, 0.05) is 10.9 Å². The fraction of sp³-hybridized carbons (Fsp3) is 0.381. The summed E-state index contributed by atoms with van der Waals surface area (Å²) < 4.78 is 5.37. The molecule has 142 valence electrons. The molecule has 3 rings (SSSR count). The maximum absolute atomic E-state index is 12.3. The molecule has 0 aliphatic heterocycles. The van der Waals surface area contributed by atoms with Crippen LogP contribution in [0.4, 0.5) is 0 Å². The van der Waals surface area contributed by atoms with Crippen LogP contribution in [0.25, 0.3) is 21.3 Å². The van der Waals surface area contributed by atoms with Crippen LogP contribution in [0.3, 0.4) is 0 Å². The molecule has 0 unspecified atom stereocenters. The molecule has 0 saturated heterocycles. The predicted molar refractivity (Wildman–Crippen MR) is 113 cm³/mol. The lowest BCUT2D eigenvalue weighted by molar-refractivity contribution is -0.143. The number of aryl methyl sites for hydroxylation is 2. The molecule has 2 heterocycles. The van der Waals surface area contributed by atoms with Gasteiger partial charge in [-0.05, 0) is 43.4 Å². The first kappa shape index (κ1) is 19.8. The van der Waals surface area contributed by atoms with E-state index >= 15 is 0 Å². The third-order valence-corrected chi connectivity index (χ3v) is 6.30. The molecule has 0 aliphatic rings. The van der Waals surface area contributed by atoms with Gasteiger partial charge in [-0.15, -0.1) is 11.3 Å². The molecule has 4 nitrogen and oxygen atoms in total. The van der Waals surface area contributed by atoms with Crippen molar-refractivity contribution in [3.8, 4) is 11.1 Å². The number of fused-ring (bicyclic) bond motifs is 1. The Bertz CT molecular complexity index is 966. The molecule has 6 heteroatoms. The summed E-state index contributed by atoms with van der Waals surface area (Å²) in [6, 6.07) is 6.46. The summed E-state index contributed by atoms with van der Waals surface area (Å²) >= 11 is 3.04. The number of ether oxygens (including phenoxy) is 1. The lowest BCUT2D eigenvalue weighted by atomic mass is 10.0. The largest absolute Gasteiger partial charge is 0.465 e. The minimum Gasteiger partial charge on any atom is -0.465 e. The van der Waals surface area contributed by atoms with E-state index in [9.17, 15) is 4.79 Å². The highest BCUT2D eigenvalue weighted by atomic mass is 32.2. The van der Waals surface area contributed by atoms with E-state index in [4.69, 9.17) is 4.74 Å². The third-order valence-electron chi connectivity index (χ3n) is 4.33. The number of carbonyl (C=O) groups is 1. The van der Waals surface area contributed by atoms with Crippen LogP contribution in [0, 0.1) is 19.8 Å². The highest BCUT2D eigenvalue weighted by Gasteiger charge is 2.21. The van der Waals surface area contributed by atoms with Crippen molar-refractivity contribution in [2.75, 3.05) is 6.61 Å². The summed E-state index contributed by atoms with van der Waals surface area (Å²) in [5.74, 6) is 0.119. The first-order valence-electron chi connectivity index (χ1n) is 9.00. The number of carbonyl (C=O) groups excluding carboxylic acids is 1. The predicted octanol–water partition coefficient (Wildman–Crippen LogP) is 5.65. The van der Waals surface area contributed by atoms with Crippen LogP contribution in [0.2, 0.25) is 0 Å². The van der Waals surface area contributed by atoms with Crippen LogP contribution in [0.15, 0.2) is 34.9 Å². The third kappa shape index (κ3) is 4.50. The van der Waals surface area contributed by atoms with Gasteiger partial charge in [-0.3, -0.25) is 4.79 Å². The van der Waals surface area contributed by atoms with Gasteiger partial charge in [-0.25, -0.2) is 9.97 Å². The molecular formula is C21H24N2O2S2. The maximum Gasteiger partial charge on any atom is 0.319 e. The van der Waals surface area contributed by atoms with Gasteiger partial charge in [0.25, 0.3) is 0 Å². The summed E-state index contributed by atoms with van der Waals surface area (Å²) in [4.78, 5) is 22.1. The first-order chi connectivity index (χ1) is 12.9. The van der Waals surface area contributed by atoms with Crippen molar-refractivity contribution in [2.24, 2.45) is 5.92 Å². The number of esters is 1. The van der Waals surface area contributed by atoms with E-state index in [2.05, 4.69) is 47.4 Å². The number of nitrogens with zero attached hydrogens (tertiary/aromatic N) is 2. The second-order valence-corrected chi connectivity index (χ2v) is 9.28. The second kappa shape index (κ2) is 8.40. The summed E-state index contributed by atoms with van der Waals surface area (Å²) in [5, 5.41) is 3.63. The lowest BCUT2D eigenvalue weighted by Gasteiger charge is -2.13. The van der Waals surface area contributed by atoms with Crippen molar-refractivity contribution in [1.29, 1.82) is 0 Å². The van der Waals surface area contributed by atoms with Gasteiger partial charge in [0.2, 0.25) is 0 Å². The Morgan fingerprint density at radius 2 is 1.96 bits per heavy atom. The summed E-state index contributed by atoms with van der Waals surface area (Å²) in [5.41, 5.74) is 4.79. The molecule has 3 aromatic rings. The Labute approximate surface area is 168 Å². The number of benzene rings is 1. The fourth-order valence-electron chi connectivity index (χ4n) is 2.64. The molecule has 0 saturated carbocycles. The molecule has 0 bridgehead atoms. The van der Waals surface area contributed by atoms with E-state index in [1.165, 1.54) is 22.9 Å². The minimum atomic E-state index is -0.325. The van der Waals surface area contributed by atoms with Crippen molar-refractivity contribution in [1.82, 2.24) is 9.97 Å². The highest BCUT2D eigenvalue weighted by Crippen LogP contribution is 2.39. The molecule has 0 radical (unpaired) electrons.